The predicted octanol–water partition coefficient (Wildman–Crippen LogP) is 4.95. The van der Waals surface area contributed by atoms with Crippen molar-refractivity contribution in [3.8, 4) is 0 Å². The molecule has 2 amide bonds. The largest absolute Gasteiger partial charge is 0.336 e. The molecule has 0 radical (unpaired) electrons. The van der Waals surface area contributed by atoms with Crippen molar-refractivity contribution in [3.63, 3.8) is 0 Å². The summed E-state index contributed by atoms with van der Waals surface area (Å²) in [5.74, 6) is -0.441. The highest BCUT2D eigenvalue weighted by atomic mass is 16.2. The van der Waals surface area contributed by atoms with Gasteiger partial charge in [-0.15, -0.1) is 0 Å². The molecule has 0 saturated carbocycles. The summed E-state index contributed by atoms with van der Waals surface area (Å²) in [6.45, 7) is 7.03. The van der Waals surface area contributed by atoms with Gasteiger partial charge in [-0.3, -0.25) is 14.5 Å². The molecule has 0 aliphatic carbocycles. The van der Waals surface area contributed by atoms with E-state index in [-0.39, 0.29) is 18.4 Å². The Hall–Kier alpha value is -3.66. The van der Waals surface area contributed by atoms with Gasteiger partial charge in [0.25, 0.3) is 11.8 Å². The number of imide groups is 1. The van der Waals surface area contributed by atoms with Crippen molar-refractivity contribution < 1.29 is 9.59 Å². The minimum absolute atomic E-state index is 0.220. The van der Waals surface area contributed by atoms with Gasteiger partial charge < -0.3 is 4.90 Å². The third kappa shape index (κ3) is 3.32. The summed E-state index contributed by atoms with van der Waals surface area (Å²) >= 11 is 0. The Morgan fingerprint density at radius 1 is 0.812 bits per heavy atom. The van der Waals surface area contributed by atoms with Crippen LogP contribution in [0.15, 0.2) is 72.4 Å². The second-order valence-electron chi connectivity index (χ2n) is 8.75. The van der Waals surface area contributed by atoms with Gasteiger partial charge >= 0.3 is 0 Å². The number of fused-ring (bicyclic) bond motifs is 1. The van der Waals surface area contributed by atoms with Crippen LogP contribution in [0.2, 0.25) is 0 Å². The number of hydrogen-bond donors (Lipinski definition) is 0. The highest BCUT2D eigenvalue weighted by Crippen LogP contribution is 2.39. The molecular formula is C28H26N2O2. The molecular weight excluding hydrogens is 396 g/mol. The number of hydrogen-bond acceptors (Lipinski definition) is 3. The quantitative estimate of drug-likeness (QED) is 0.559. The van der Waals surface area contributed by atoms with Crippen LogP contribution in [0.25, 0.3) is 5.57 Å². The van der Waals surface area contributed by atoms with E-state index >= 15 is 0 Å². The van der Waals surface area contributed by atoms with Crippen LogP contribution in [-0.4, -0.2) is 23.3 Å². The van der Waals surface area contributed by atoms with E-state index in [4.69, 9.17) is 0 Å². The van der Waals surface area contributed by atoms with Gasteiger partial charge in [0, 0.05) is 12.2 Å². The highest BCUT2D eigenvalue weighted by molar-refractivity contribution is 6.37. The molecule has 0 unspecified atom stereocenters. The molecule has 0 atom stereocenters. The average molecular weight is 423 g/mol. The molecule has 0 N–H and O–H groups in total. The molecule has 0 saturated heterocycles. The minimum Gasteiger partial charge on any atom is -0.336 e. The predicted molar refractivity (Wildman–Crippen MR) is 127 cm³/mol. The van der Waals surface area contributed by atoms with Crippen LogP contribution in [0.1, 0.15) is 33.4 Å². The third-order valence-electron chi connectivity index (χ3n) is 6.41. The van der Waals surface area contributed by atoms with Crippen molar-refractivity contribution in [3.05, 3.63) is 106 Å². The smallest absolute Gasteiger partial charge is 0.278 e. The van der Waals surface area contributed by atoms with E-state index in [1.807, 2.05) is 80.3 Å². The maximum Gasteiger partial charge on any atom is 0.278 e. The number of para-hydroxylation sites is 1. The number of rotatable bonds is 4. The first-order valence-corrected chi connectivity index (χ1v) is 11.0. The molecule has 0 spiro atoms. The molecule has 3 aromatic rings. The zero-order chi connectivity index (χ0) is 22.4. The molecule has 2 aliphatic rings. The first-order chi connectivity index (χ1) is 15.4. The van der Waals surface area contributed by atoms with Crippen molar-refractivity contribution in [1.29, 1.82) is 0 Å². The van der Waals surface area contributed by atoms with Crippen LogP contribution in [-0.2, 0) is 22.6 Å². The number of carbonyl (C=O) groups excluding carboxylic acids is 2. The van der Waals surface area contributed by atoms with Crippen molar-refractivity contribution in [2.75, 3.05) is 11.4 Å². The van der Waals surface area contributed by atoms with E-state index in [0.29, 0.717) is 17.8 Å². The molecule has 0 aromatic heterocycles. The van der Waals surface area contributed by atoms with Crippen molar-refractivity contribution in [2.45, 2.75) is 33.7 Å². The number of nitrogens with zero attached hydrogens (tertiary/aromatic N) is 2. The maximum absolute atomic E-state index is 13.8. The molecule has 4 heteroatoms. The molecule has 5 rings (SSSR count). The fraction of sp³-hybridized carbons (Fsp3) is 0.214. The topological polar surface area (TPSA) is 40.6 Å². The van der Waals surface area contributed by atoms with E-state index in [1.54, 1.807) is 0 Å². The number of anilines is 1. The SMILES string of the molecule is Cc1ccc(CN2C(=O)C(c3ccc(C)cc3C)=C(N3CCc4ccccc43)C2=O)cc1. The zero-order valence-corrected chi connectivity index (χ0v) is 18.7. The van der Waals surface area contributed by atoms with Crippen molar-refractivity contribution in [2.24, 2.45) is 0 Å². The number of amides is 2. The fourth-order valence-corrected chi connectivity index (χ4v) is 4.74. The van der Waals surface area contributed by atoms with Gasteiger partial charge in [0.05, 0.1) is 12.1 Å². The second kappa shape index (κ2) is 7.79. The molecule has 160 valence electrons. The summed E-state index contributed by atoms with van der Waals surface area (Å²) < 4.78 is 0. The van der Waals surface area contributed by atoms with Gasteiger partial charge in [-0.2, -0.15) is 0 Å². The Morgan fingerprint density at radius 2 is 1.53 bits per heavy atom. The van der Waals surface area contributed by atoms with Gasteiger partial charge in [0.1, 0.15) is 5.70 Å². The normalized spacial score (nSPS) is 15.7. The molecule has 0 bridgehead atoms. The number of carbonyl (C=O) groups is 2. The van der Waals surface area contributed by atoms with E-state index < -0.39 is 0 Å². The number of benzene rings is 3. The lowest BCUT2D eigenvalue weighted by atomic mass is 9.97. The summed E-state index contributed by atoms with van der Waals surface area (Å²) in [4.78, 5) is 30.9. The summed E-state index contributed by atoms with van der Waals surface area (Å²) in [6.07, 6.45) is 0.860. The summed E-state index contributed by atoms with van der Waals surface area (Å²) in [6, 6.07) is 22.2. The fourth-order valence-electron chi connectivity index (χ4n) is 4.74. The first-order valence-electron chi connectivity index (χ1n) is 11.0. The molecule has 2 heterocycles. The van der Waals surface area contributed by atoms with Crippen LogP contribution >= 0.6 is 0 Å². The lowest BCUT2D eigenvalue weighted by Gasteiger charge is -2.22. The summed E-state index contributed by atoms with van der Waals surface area (Å²) in [5, 5.41) is 0. The van der Waals surface area contributed by atoms with Gasteiger partial charge in [-0.25, -0.2) is 0 Å². The van der Waals surface area contributed by atoms with E-state index in [1.165, 1.54) is 10.5 Å². The molecule has 32 heavy (non-hydrogen) atoms. The van der Waals surface area contributed by atoms with E-state index in [0.717, 1.165) is 39.9 Å². The lowest BCUT2D eigenvalue weighted by molar-refractivity contribution is -0.137. The van der Waals surface area contributed by atoms with Crippen molar-refractivity contribution in [1.82, 2.24) is 4.90 Å². The second-order valence-corrected chi connectivity index (χ2v) is 8.75. The summed E-state index contributed by atoms with van der Waals surface area (Å²) in [7, 11) is 0. The van der Waals surface area contributed by atoms with Gasteiger partial charge in [0.2, 0.25) is 0 Å². The average Bonchev–Trinajstić information content (AvgIpc) is 3.30. The Balaban J connectivity index is 1.63. The molecule has 4 nitrogen and oxygen atoms in total. The molecule has 0 fully saturated rings. The summed E-state index contributed by atoms with van der Waals surface area (Å²) in [5.41, 5.74) is 8.29. The van der Waals surface area contributed by atoms with Crippen LogP contribution in [0.5, 0.6) is 0 Å². The zero-order valence-electron chi connectivity index (χ0n) is 18.7. The minimum atomic E-state index is -0.220. The van der Waals surface area contributed by atoms with Crippen molar-refractivity contribution >= 4 is 23.1 Å². The standard InChI is InChI=1S/C28H26N2O2/c1-18-8-11-21(12-9-18)17-30-27(31)25(23-13-10-19(2)16-20(23)3)26(28(30)32)29-15-14-22-6-4-5-7-24(22)29/h4-13,16H,14-15,17H2,1-3H3. The first kappa shape index (κ1) is 20.3. The van der Waals surface area contributed by atoms with Gasteiger partial charge in [0.15, 0.2) is 0 Å². The number of aryl methyl sites for hydroxylation is 3. The molecule has 3 aromatic carbocycles. The lowest BCUT2D eigenvalue weighted by Crippen LogP contribution is -2.34. The van der Waals surface area contributed by atoms with Gasteiger partial charge in [-0.05, 0) is 55.5 Å². The van der Waals surface area contributed by atoms with Crippen LogP contribution in [0.4, 0.5) is 5.69 Å². The Kier molecular flexibility index (Phi) is 4.93. The Bertz CT molecular complexity index is 1270. The van der Waals surface area contributed by atoms with Crippen LogP contribution < -0.4 is 4.90 Å². The molecule has 2 aliphatic heterocycles. The highest BCUT2D eigenvalue weighted by Gasteiger charge is 2.43. The third-order valence-corrected chi connectivity index (χ3v) is 6.41. The Labute approximate surface area is 188 Å². The van der Waals surface area contributed by atoms with Crippen LogP contribution in [0, 0.1) is 20.8 Å². The maximum atomic E-state index is 13.8. The van der Waals surface area contributed by atoms with Gasteiger partial charge in [-0.1, -0.05) is 71.8 Å². The van der Waals surface area contributed by atoms with E-state index in [9.17, 15) is 9.59 Å². The van der Waals surface area contributed by atoms with E-state index in [2.05, 4.69) is 12.1 Å². The monoisotopic (exact) mass is 422 g/mol. The van der Waals surface area contributed by atoms with Crippen LogP contribution in [0.3, 0.4) is 0 Å². The Morgan fingerprint density at radius 3 is 2.28 bits per heavy atom.